The predicted molar refractivity (Wildman–Crippen MR) is 76.6 cm³/mol. The Morgan fingerprint density at radius 1 is 1.30 bits per heavy atom. The molecule has 0 radical (unpaired) electrons. The first-order valence-corrected chi connectivity index (χ1v) is 6.28. The molecule has 4 nitrogen and oxygen atoms in total. The molecule has 0 spiro atoms. The second-order valence-electron chi connectivity index (χ2n) is 4.35. The normalized spacial score (nSPS) is 10.3. The molecule has 2 aromatic carbocycles. The van der Waals surface area contributed by atoms with Crippen molar-refractivity contribution in [3.05, 3.63) is 68.5 Å². The van der Waals surface area contributed by atoms with E-state index in [1.807, 2.05) is 6.92 Å². The predicted octanol–water partition coefficient (Wildman–Crippen LogP) is 4.31. The number of nitrogens with zero attached hydrogens (tertiary/aromatic N) is 1. The third-order valence-corrected chi connectivity index (χ3v) is 3.15. The van der Waals surface area contributed by atoms with Crippen LogP contribution in [0.4, 0.5) is 15.8 Å². The molecule has 0 saturated carbocycles. The Bertz CT molecular complexity index is 662. The summed E-state index contributed by atoms with van der Waals surface area (Å²) >= 11 is 5.68. The van der Waals surface area contributed by atoms with Gasteiger partial charge in [0.2, 0.25) is 0 Å². The summed E-state index contributed by atoms with van der Waals surface area (Å²) in [6.07, 6.45) is 0. The lowest BCUT2D eigenvalue weighted by atomic mass is 10.1. The molecule has 0 unspecified atom stereocenters. The molecule has 2 aromatic rings. The summed E-state index contributed by atoms with van der Waals surface area (Å²) in [5, 5.41) is 14.1. The molecule has 0 aliphatic carbocycles. The highest BCUT2D eigenvalue weighted by Crippen LogP contribution is 2.23. The van der Waals surface area contributed by atoms with Gasteiger partial charge in [0.25, 0.3) is 5.69 Å². The van der Waals surface area contributed by atoms with Crippen molar-refractivity contribution >= 4 is 23.0 Å². The van der Waals surface area contributed by atoms with Crippen LogP contribution < -0.4 is 5.32 Å². The summed E-state index contributed by atoms with van der Waals surface area (Å²) in [5.74, 6) is -0.409. The van der Waals surface area contributed by atoms with Crippen molar-refractivity contribution in [2.75, 3.05) is 5.32 Å². The number of nitrogens with one attached hydrogen (secondary N) is 1. The van der Waals surface area contributed by atoms with Crippen molar-refractivity contribution in [3.63, 3.8) is 0 Å². The third-order valence-electron chi connectivity index (χ3n) is 2.92. The number of halogens is 2. The zero-order valence-electron chi connectivity index (χ0n) is 10.7. The minimum Gasteiger partial charge on any atom is -0.380 e. The van der Waals surface area contributed by atoms with E-state index in [1.54, 1.807) is 18.2 Å². The van der Waals surface area contributed by atoms with E-state index in [-0.39, 0.29) is 12.2 Å². The second-order valence-corrected chi connectivity index (χ2v) is 4.78. The van der Waals surface area contributed by atoms with Gasteiger partial charge in [-0.1, -0.05) is 23.7 Å². The van der Waals surface area contributed by atoms with Crippen LogP contribution in [0.25, 0.3) is 0 Å². The van der Waals surface area contributed by atoms with Gasteiger partial charge in [-0.2, -0.15) is 0 Å². The molecule has 0 fully saturated rings. The zero-order valence-corrected chi connectivity index (χ0v) is 11.4. The van der Waals surface area contributed by atoms with Crippen LogP contribution in [0.15, 0.2) is 36.4 Å². The first kappa shape index (κ1) is 14.3. The molecule has 0 aliphatic rings. The van der Waals surface area contributed by atoms with Gasteiger partial charge < -0.3 is 5.32 Å². The molecule has 20 heavy (non-hydrogen) atoms. The quantitative estimate of drug-likeness (QED) is 0.675. The molecule has 0 heterocycles. The Balaban J connectivity index is 2.18. The fraction of sp³-hybridized carbons (Fsp3) is 0.143. The minimum absolute atomic E-state index is 0.00493. The molecule has 0 aromatic heterocycles. The molecule has 0 aliphatic heterocycles. The fourth-order valence-corrected chi connectivity index (χ4v) is 1.93. The maximum atomic E-state index is 13.6. The van der Waals surface area contributed by atoms with E-state index in [2.05, 4.69) is 5.32 Å². The summed E-state index contributed by atoms with van der Waals surface area (Å²) in [7, 11) is 0. The first-order chi connectivity index (χ1) is 9.47. The number of hydrogen-bond acceptors (Lipinski definition) is 3. The standard InChI is InChI=1S/C14H12ClFN2O2/c1-9-2-5-12(18(19)20)7-14(9)17-8-10-3-4-11(15)6-13(10)16/h2-7,17H,8H2,1H3. The Morgan fingerprint density at radius 2 is 2.05 bits per heavy atom. The van der Waals surface area contributed by atoms with Gasteiger partial charge in [-0.3, -0.25) is 10.1 Å². The van der Waals surface area contributed by atoms with Crippen LogP contribution in [0.3, 0.4) is 0 Å². The highest BCUT2D eigenvalue weighted by molar-refractivity contribution is 6.30. The van der Waals surface area contributed by atoms with Crippen molar-refractivity contribution in [1.29, 1.82) is 0 Å². The lowest BCUT2D eigenvalue weighted by Gasteiger charge is -2.10. The summed E-state index contributed by atoms with van der Waals surface area (Å²) < 4.78 is 13.6. The lowest BCUT2D eigenvalue weighted by molar-refractivity contribution is -0.384. The summed E-state index contributed by atoms with van der Waals surface area (Å²) in [6, 6.07) is 8.93. The van der Waals surface area contributed by atoms with E-state index >= 15 is 0 Å². The van der Waals surface area contributed by atoms with Crippen LogP contribution in [0.5, 0.6) is 0 Å². The van der Waals surface area contributed by atoms with Crippen LogP contribution in [-0.4, -0.2) is 4.92 Å². The number of anilines is 1. The summed E-state index contributed by atoms with van der Waals surface area (Å²) in [4.78, 5) is 10.3. The van der Waals surface area contributed by atoms with Gasteiger partial charge in [-0.25, -0.2) is 4.39 Å². The SMILES string of the molecule is Cc1ccc([N+](=O)[O-])cc1NCc1ccc(Cl)cc1F. The molecule has 104 valence electrons. The van der Waals surface area contributed by atoms with Crippen molar-refractivity contribution in [1.82, 2.24) is 0 Å². The molecule has 1 N–H and O–H groups in total. The van der Waals surface area contributed by atoms with Crippen molar-refractivity contribution in [3.8, 4) is 0 Å². The zero-order chi connectivity index (χ0) is 14.7. The number of nitro benzene ring substituents is 1. The molecule has 2 rings (SSSR count). The molecule has 0 amide bonds. The van der Waals surface area contributed by atoms with Crippen molar-refractivity contribution in [2.45, 2.75) is 13.5 Å². The number of rotatable bonds is 4. The van der Waals surface area contributed by atoms with Crippen LogP contribution >= 0.6 is 11.6 Å². The lowest BCUT2D eigenvalue weighted by Crippen LogP contribution is -2.03. The fourth-order valence-electron chi connectivity index (χ4n) is 1.77. The summed E-state index contributed by atoms with van der Waals surface area (Å²) in [5.41, 5.74) is 1.90. The molecular formula is C14H12ClFN2O2. The summed E-state index contributed by atoms with van der Waals surface area (Å²) in [6.45, 7) is 2.05. The molecule has 0 atom stereocenters. The van der Waals surface area contributed by atoms with Crippen LogP contribution in [0, 0.1) is 22.9 Å². The van der Waals surface area contributed by atoms with E-state index in [4.69, 9.17) is 11.6 Å². The first-order valence-electron chi connectivity index (χ1n) is 5.90. The Hall–Kier alpha value is -2.14. The van der Waals surface area contributed by atoms with Gasteiger partial charge in [0.15, 0.2) is 0 Å². The maximum Gasteiger partial charge on any atom is 0.271 e. The molecule has 6 heteroatoms. The van der Waals surface area contributed by atoms with E-state index in [0.29, 0.717) is 16.3 Å². The molecular weight excluding hydrogens is 283 g/mol. The number of non-ortho nitro benzene ring substituents is 1. The molecule has 0 saturated heterocycles. The smallest absolute Gasteiger partial charge is 0.271 e. The Morgan fingerprint density at radius 3 is 2.70 bits per heavy atom. The van der Waals surface area contributed by atoms with E-state index in [0.717, 1.165) is 5.56 Å². The average molecular weight is 295 g/mol. The number of nitro groups is 1. The Kier molecular flexibility index (Phi) is 4.20. The average Bonchev–Trinajstić information content (AvgIpc) is 2.39. The van der Waals surface area contributed by atoms with Gasteiger partial charge in [-0.15, -0.1) is 0 Å². The maximum absolute atomic E-state index is 13.6. The molecule has 0 bridgehead atoms. The van der Waals surface area contributed by atoms with Crippen LogP contribution in [-0.2, 0) is 6.54 Å². The van der Waals surface area contributed by atoms with E-state index < -0.39 is 10.7 Å². The van der Waals surface area contributed by atoms with Gasteiger partial charge in [0.1, 0.15) is 5.82 Å². The Labute approximate surface area is 120 Å². The van der Waals surface area contributed by atoms with Crippen LogP contribution in [0.1, 0.15) is 11.1 Å². The second kappa shape index (κ2) is 5.88. The monoisotopic (exact) mass is 294 g/mol. The van der Waals surface area contributed by atoms with Crippen LogP contribution in [0.2, 0.25) is 5.02 Å². The van der Waals surface area contributed by atoms with Gasteiger partial charge in [-0.05, 0) is 24.6 Å². The minimum atomic E-state index is -0.465. The van der Waals surface area contributed by atoms with E-state index in [1.165, 1.54) is 18.2 Å². The van der Waals surface area contributed by atoms with E-state index in [9.17, 15) is 14.5 Å². The highest BCUT2D eigenvalue weighted by Gasteiger charge is 2.09. The largest absolute Gasteiger partial charge is 0.380 e. The van der Waals surface area contributed by atoms with Gasteiger partial charge in [0, 0.05) is 35.0 Å². The van der Waals surface area contributed by atoms with Gasteiger partial charge >= 0.3 is 0 Å². The topological polar surface area (TPSA) is 55.2 Å². The number of hydrogen-bond donors (Lipinski definition) is 1. The van der Waals surface area contributed by atoms with Crippen molar-refractivity contribution in [2.24, 2.45) is 0 Å². The number of benzene rings is 2. The van der Waals surface area contributed by atoms with Gasteiger partial charge in [0.05, 0.1) is 4.92 Å². The number of aryl methyl sites for hydroxylation is 1. The third kappa shape index (κ3) is 3.24. The van der Waals surface area contributed by atoms with Crippen molar-refractivity contribution < 1.29 is 9.31 Å². The highest BCUT2D eigenvalue weighted by atomic mass is 35.5.